The van der Waals surface area contributed by atoms with Crippen molar-refractivity contribution in [3.63, 3.8) is 0 Å². The van der Waals surface area contributed by atoms with E-state index >= 15 is 0 Å². The van der Waals surface area contributed by atoms with E-state index in [1.807, 2.05) is 6.92 Å². The van der Waals surface area contributed by atoms with E-state index in [1.54, 1.807) is 7.11 Å². The molecule has 0 spiro atoms. The summed E-state index contributed by atoms with van der Waals surface area (Å²) < 4.78 is 11.2. The fraction of sp³-hybridized carbons (Fsp3) is 0.583. The lowest BCUT2D eigenvalue weighted by Crippen LogP contribution is -2.38. The van der Waals surface area contributed by atoms with E-state index < -0.39 is 0 Å². The van der Waals surface area contributed by atoms with Gasteiger partial charge in [0.1, 0.15) is 5.75 Å². The largest absolute Gasteiger partial charge is 0.496 e. The second-order valence-corrected chi connectivity index (χ2v) is 8.67. The number of benzene rings is 1. The van der Waals surface area contributed by atoms with Crippen molar-refractivity contribution in [1.82, 2.24) is 14.9 Å². The molecule has 6 nitrogen and oxygen atoms in total. The van der Waals surface area contributed by atoms with Crippen LogP contribution in [0.25, 0.3) is 0 Å². The molecule has 1 aromatic carbocycles. The summed E-state index contributed by atoms with van der Waals surface area (Å²) in [6, 6.07) is 7.52. The first-order valence-corrected chi connectivity index (χ1v) is 11.4. The van der Waals surface area contributed by atoms with Crippen LogP contribution in [0.4, 0.5) is 5.95 Å². The predicted octanol–water partition coefficient (Wildman–Crippen LogP) is 3.88. The van der Waals surface area contributed by atoms with Crippen LogP contribution in [0.15, 0.2) is 24.4 Å². The third-order valence-electron chi connectivity index (χ3n) is 6.88. The topological polar surface area (TPSA) is 50.7 Å². The first-order valence-electron chi connectivity index (χ1n) is 11.4. The zero-order chi connectivity index (χ0) is 20.5. The molecule has 0 saturated carbocycles. The van der Waals surface area contributed by atoms with E-state index in [2.05, 4.69) is 34.2 Å². The van der Waals surface area contributed by atoms with E-state index in [0.29, 0.717) is 25.3 Å². The SMILES string of the molecule is CCOCc1cc(CN2[C@H]3CC[C@H]2c2cnc(N4CCCC4)nc2C3)ccc1OC. The minimum Gasteiger partial charge on any atom is -0.496 e. The average Bonchev–Trinajstić information content (AvgIpc) is 3.40. The molecular formula is C24H32N4O2. The number of methoxy groups -OCH3 is 1. The molecule has 160 valence electrons. The van der Waals surface area contributed by atoms with Crippen molar-refractivity contribution in [2.45, 2.75) is 64.3 Å². The standard InChI is InChI=1S/C24H32N4O2/c1-3-30-16-18-12-17(6-9-23(18)29-2)15-28-19-7-8-22(28)20-14-25-24(26-21(20)13-19)27-10-4-5-11-27/h6,9,12,14,19,22H,3-5,7-8,10-11,13,15-16H2,1-2H3/t19-,22-/m0/s1. The van der Waals surface area contributed by atoms with Gasteiger partial charge < -0.3 is 14.4 Å². The number of ether oxygens (including phenoxy) is 2. The summed E-state index contributed by atoms with van der Waals surface area (Å²) in [6.45, 7) is 6.47. The molecule has 0 aliphatic carbocycles. The Labute approximate surface area is 179 Å². The molecule has 5 rings (SSSR count). The highest BCUT2D eigenvalue weighted by Gasteiger charge is 2.41. The minimum absolute atomic E-state index is 0.434. The normalized spacial score (nSPS) is 23.1. The summed E-state index contributed by atoms with van der Waals surface area (Å²) >= 11 is 0. The lowest BCUT2D eigenvalue weighted by atomic mass is 9.98. The molecule has 0 amide bonds. The smallest absolute Gasteiger partial charge is 0.225 e. The van der Waals surface area contributed by atoms with Crippen molar-refractivity contribution in [3.05, 3.63) is 46.8 Å². The Balaban J connectivity index is 1.36. The monoisotopic (exact) mass is 408 g/mol. The molecule has 3 aliphatic rings. The maximum absolute atomic E-state index is 5.65. The molecule has 2 fully saturated rings. The Bertz CT molecular complexity index is 897. The predicted molar refractivity (Wildman–Crippen MR) is 117 cm³/mol. The van der Waals surface area contributed by atoms with E-state index in [-0.39, 0.29) is 0 Å². The van der Waals surface area contributed by atoms with Crippen molar-refractivity contribution in [1.29, 1.82) is 0 Å². The summed E-state index contributed by atoms with van der Waals surface area (Å²) in [6.07, 6.45) is 8.11. The van der Waals surface area contributed by atoms with Crippen molar-refractivity contribution in [3.8, 4) is 5.75 Å². The highest BCUT2D eigenvalue weighted by atomic mass is 16.5. The number of nitrogens with zero attached hydrogens (tertiary/aromatic N) is 4. The van der Waals surface area contributed by atoms with E-state index in [1.165, 1.54) is 42.5 Å². The Hall–Kier alpha value is -2.18. The molecule has 6 heteroatoms. The van der Waals surface area contributed by atoms with Gasteiger partial charge in [-0.3, -0.25) is 4.90 Å². The lowest BCUT2D eigenvalue weighted by molar-refractivity contribution is 0.131. The second kappa shape index (κ2) is 8.52. The van der Waals surface area contributed by atoms with Crippen LogP contribution in [0.1, 0.15) is 61.0 Å². The van der Waals surface area contributed by atoms with Gasteiger partial charge in [0.2, 0.25) is 5.95 Å². The molecule has 0 radical (unpaired) electrons. The van der Waals surface area contributed by atoms with Gasteiger partial charge in [0, 0.05) is 62.1 Å². The van der Waals surface area contributed by atoms with E-state index in [4.69, 9.17) is 19.4 Å². The van der Waals surface area contributed by atoms with Gasteiger partial charge in [-0.1, -0.05) is 6.07 Å². The third-order valence-corrected chi connectivity index (χ3v) is 6.88. The molecule has 30 heavy (non-hydrogen) atoms. The number of fused-ring (bicyclic) bond motifs is 4. The molecular weight excluding hydrogens is 376 g/mol. The van der Waals surface area contributed by atoms with E-state index in [0.717, 1.165) is 43.3 Å². The van der Waals surface area contributed by atoms with Crippen LogP contribution in [0.5, 0.6) is 5.75 Å². The quantitative estimate of drug-likeness (QED) is 0.693. The lowest BCUT2D eigenvalue weighted by Gasteiger charge is -2.36. The van der Waals surface area contributed by atoms with Crippen LogP contribution in [-0.2, 0) is 24.3 Å². The number of aromatic nitrogens is 2. The van der Waals surface area contributed by atoms with Crippen molar-refractivity contribution in [2.24, 2.45) is 0 Å². The molecule has 2 atom stereocenters. The zero-order valence-corrected chi connectivity index (χ0v) is 18.1. The minimum atomic E-state index is 0.434. The Morgan fingerprint density at radius 2 is 2.03 bits per heavy atom. The van der Waals surface area contributed by atoms with Crippen LogP contribution in [0.2, 0.25) is 0 Å². The maximum atomic E-state index is 5.65. The van der Waals surface area contributed by atoms with Crippen LogP contribution in [-0.4, -0.2) is 47.7 Å². The first kappa shape index (κ1) is 19.8. The van der Waals surface area contributed by atoms with Gasteiger partial charge in [-0.2, -0.15) is 0 Å². The molecule has 2 aromatic rings. The average molecular weight is 409 g/mol. The van der Waals surface area contributed by atoms with Crippen LogP contribution in [0, 0.1) is 0 Å². The summed E-state index contributed by atoms with van der Waals surface area (Å²) in [4.78, 5) is 14.8. The molecule has 0 unspecified atom stereocenters. The van der Waals surface area contributed by atoms with Crippen molar-refractivity contribution < 1.29 is 9.47 Å². The van der Waals surface area contributed by atoms with Crippen molar-refractivity contribution >= 4 is 5.95 Å². The maximum Gasteiger partial charge on any atom is 0.225 e. The fourth-order valence-electron chi connectivity index (χ4n) is 5.35. The van der Waals surface area contributed by atoms with Gasteiger partial charge in [-0.15, -0.1) is 0 Å². The molecule has 2 bridgehead atoms. The fourth-order valence-corrected chi connectivity index (χ4v) is 5.35. The zero-order valence-electron chi connectivity index (χ0n) is 18.1. The molecule has 1 aromatic heterocycles. The summed E-state index contributed by atoms with van der Waals surface area (Å²) in [5.74, 6) is 1.84. The highest BCUT2D eigenvalue weighted by molar-refractivity contribution is 5.39. The van der Waals surface area contributed by atoms with Crippen LogP contribution < -0.4 is 9.64 Å². The van der Waals surface area contributed by atoms with Gasteiger partial charge in [0.15, 0.2) is 0 Å². The van der Waals surface area contributed by atoms with Crippen LogP contribution >= 0.6 is 0 Å². The summed E-state index contributed by atoms with van der Waals surface area (Å²) in [7, 11) is 1.72. The third kappa shape index (κ3) is 3.67. The number of anilines is 1. The Kier molecular flexibility index (Phi) is 5.61. The van der Waals surface area contributed by atoms with Crippen molar-refractivity contribution in [2.75, 3.05) is 31.7 Å². The number of rotatable bonds is 7. The van der Waals surface area contributed by atoms with Gasteiger partial charge in [0.25, 0.3) is 0 Å². The van der Waals surface area contributed by atoms with Gasteiger partial charge in [-0.25, -0.2) is 9.97 Å². The summed E-state index contributed by atoms with van der Waals surface area (Å²) in [5, 5.41) is 0. The Morgan fingerprint density at radius 3 is 2.83 bits per heavy atom. The van der Waals surface area contributed by atoms with Gasteiger partial charge >= 0.3 is 0 Å². The molecule has 3 aliphatic heterocycles. The molecule has 4 heterocycles. The van der Waals surface area contributed by atoms with Gasteiger partial charge in [0.05, 0.1) is 19.4 Å². The molecule has 0 N–H and O–H groups in total. The molecule has 2 saturated heterocycles. The number of hydrogen-bond donors (Lipinski definition) is 0. The van der Waals surface area contributed by atoms with Gasteiger partial charge in [-0.05, 0) is 50.3 Å². The highest BCUT2D eigenvalue weighted by Crippen LogP contribution is 2.44. The number of hydrogen-bond acceptors (Lipinski definition) is 6. The summed E-state index contributed by atoms with van der Waals surface area (Å²) in [5.41, 5.74) is 5.07. The van der Waals surface area contributed by atoms with E-state index in [9.17, 15) is 0 Å². The van der Waals surface area contributed by atoms with Crippen LogP contribution in [0.3, 0.4) is 0 Å². The first-order chi connectivity index (χ1) is 14.8. The Morgan fingerprint density at radius 1 is 1.17 bits per heavy atom. The second-order valence-electron chi connectivity index (χ2n) is 8.67.